The Morgan fingerprint density at radius 2 is 1.94 bits per heavy atom. The molecule has 0 aliphatic heterocycles. The van der Waals surface area contributed by atoms with Gasteiger partial charge in [-0.25, -0.2) is 8.96 Å². The van der Waals surface area contributed by atoms with Crippen molar-refractivity contribution in [3.8, 4) is 11.3 Å². The summed E-state index contributed by atoms with van der Waals surface area (Å²) in [6, 6.07) is 13.1. The van der Waals surface area contributed by atoms with E-state index in [1.807, 2.05) is 36.4 Å². The van der Waals surface area contributed by atoms with Gasteiger partial charge in [-0.05, 0) is 17.7 Å². The third-order valence-electron chi connectivity index (χ3n) is 2.75. The zero-order valence-corrected chi connectivity index (χ0v) is 10.7. The maximum absolute atomic E-state index is 13.2. The monoisotopic (exact) mass is 278 g/mol. The molecule has 2 nitrogen and oxygen atoms in total. The Morgan fingerprint density at radius 1 is 1.17 bits per heavy atom. The first-order valence-electron chi connectivity index (χ1n) is 5.31. The molecule has 0 bridgehead atoms. The summed E-state index contributed by atoms with van der Waals surface area (Å²) in [6.45, 7) is 0. The first-order chi connectivity index (χ1) is 8.81. The molecule has 0 N–H and O–H groups in total. The van der Waals surface area contributed by atoms with Gasteiger partial charge >= 0.3 is 0 Å². The molecule has 0 radical (unpaired) electrons. The summed E-state index contributed by atoms with van der Waals surface area (Å²) in [7, 11) is 0. The second kappa shape index (κ2) is 4.63. The number of hydrogen-bond acceptors (Lipinski definition) is 2. The van der Waals surface area contributed by atoms with Gasteiger partial charge in [0.15, 0.2) is 18.0 Å². The average Bonchev–Trinajstić information content (AvgIpc) is 2.80. The number of rotatable bonds is 2. The zero-order chi connectivity index (χ0) is 12.5. The quantitative estimate of drug-likeness (QED) is 0.674. The van der Waals surface area contributed by atoms with Crippen molar-refractivity contribution in [2.75, 3.05) is 0 Å². The van der Waals surface area contributed by atoms with Gasteiger partial charge in [0.25, 0.3) is 0 Å². The fraction of sp³-hybridized carbons (Fsp3) is 0. The van der Waals surface area contributed by atoms with Crippen LogP contribution in [0.1, 0.15) is 0 Å². The van der Waals surface area contributed by atoms with Crippen LogP contribution in [0.5, 0.6) is 0 Å². The second-order valence-corrected chi connectivity index (χ2v) is 4.70. The molecule has 0 amide bonds. The lowest BCUT2D eigenvalue weighted by Crippen LogP contribution is -1.89. The van der Waals surface area contributed by atoms with Gasteiger partial charge in [-0.3, -0.25) is 0 Å². The Kier molecular flexibility index (Phi) is 2.97. The molecule has 0 saturated heterocycles. The highest BCUT2D eigenvalue weighted by Gasteiger charge is 2.14. The number of nitrogens with zero attached hydrogens (tertiary/aromatic N) is 2. The third kappa shape index (κ3) is 1.78. The van der Waals surface area contributed by atoms with Crippen LogP contribution in [0.3, 0.4) is 0 Å². The lowest BCUT2D eigenvalue weighted by atomic mass is 10.1. The van der Waals surface area contributed by atoms with E-state index in [9.17, 15) is 3.89 Å². The number of fused-ring (bicyclic) bond motifs is 1. The molecule has 0 unspecified atom stereocenters. The fourth-order valence-corrected chi connectivity index (χ4v) is 2.56. The lowest BCUT2D eigenvalue weighted by Gasteiger charge is -2.03. The van der Waals surface area contributed by atoms with E-state index in [1.165, 1.54) is 3.97 Å². The standard InChI is InChI=1S/C13H8ClFN2S/c14-11-6-7-16-13-10(11)8-12(17(13)18-15)9-4-2-1-3-5-9/h1-8H. The highest BCUT2D eigenvalue weighted by atomic mass is 35.5. The van der Waals surface area contributed by atoms with Crippen molar-refractivity contribution in [2.24, 2.45) is 0 Å². The van der Waals surface area contributed by atoms with Crippen LogP contribution >= 0.6 is 23.9 Å². The number of pyridine rings is 1. The zero-order valence-electron chi connectivity index (χ0n) is 9.18. The Bertz CT molecular complexity index is 697. The lowest BCUT2D eigenvalue weighted by molar-refractivity contribution is 0.920. The van der Waals surface area contributed by atoms with E-state index in [2.05, 4.69) is 4.98 Å². The summed E-state index contributed by atoms with van der Waals surface area (Å²) in [5, 5.41) is 1.33. The molecule has 0 aliphatic carbocycles. The molecule has 0 fully saturated rings. The smallest absolute Gasteiger partial charge is 0.171 e. The molecule has 3 rings (SSSR count). The SMILES string of the molecule is FSn1c(-c2ccccc2)cc2c(Cl)ccnc21. The summed E-state index contributed by atoms with van der Waals surface area (Å²) in [6.07, 6.45) is 1.58. The number of hydrogen-bond donors (Lipinski definition) is 0. The van der Waals surface area contributed by atoms with E-state index < -0.39 is 0 Å². The van der Waals surface area contributed by atoms with Gasteiger partial charge in [-0.1, -0.05) is 41.9 Å². The minimum absolute atomic E-state index is 0.131. The van der Waals surface area contributed by atoms with Gasteiger partial charge in [0.2, 0.25) is 0 Å². The summed E-state index contributed by atoms with van der Waals surface area (Å²) in [5.74, 6) is 0. The Balaban J connectivity index is 2.33. The van der Waals surface area contributed by atoms with Crippen molar-refractivity contribution in [3.63, 3.8) is 0 Å². The summed E-state index contributed by atoms with van der Waals surface area (Å²) >= 11 is 6.23. The van der Waals surface area contributed by atoms with Crippen LogP contribution in [-0.4, -0.2) is 8.96 Å². The average molecular weight is 279 g/mol. The molecule has 2 aromatic heterocycles. The Labute approximate surface area is 113 Å². The van der Waals surface area contributed by atoms with E-state index in [0.717, 1.165) is 16.6 Å². The molecule has 0 saturated carbocycles. The van der Waals surface area contributed by atoms with Crippen molar-refractivity contribution < 1.29 is 3.89 Å². The van der Waals surface area contributed by atoms with Crippen LogP contribution in [0.2, 0.25) is 5.02 Å². The van der Waals surface area contributed by atoms with Crippen LogP contribution in [0, 0.1) is 0 Å². The molecule has 1 aromatic carbocycles. The molecule has 2 heterocycles. The number of aromatic nitrogens is 2. The van der Waals surface area contributed by atoms with E-state index >= 15 is 0 Å². The minimum Gasteiger partial charge on any atom is -0.239 e. The largest absolute Gasteiger partial charge is 0.239 e. The van der Waals surface area contributed by atoms with Gasteiger partial charge in [0.1, 0.15) is 0 Å². The van der Waals surface area contributed by atoms with Crippen molar-refractivity contribution in [2.45, 2.75) is 0 Å². The first-order valence-corrected chi connectivity index (χ1v) is 6.37. The normalized spacial score (nSPS) is 11.0. The van der Waals surface area contributed by atoms with Crippen LogP contribution in [0.25, 0.3) is 22.3 Å². The van der Waals surface area contributed by atoms with E-state index in [-0.39, 0.29) is 12.3 Å². The Hall–Kier alpha value is -1.52. The van der Waals surface area contributed by atoms with Crippen LogP contribution in [0.4, 0.5) is 3.89 Å². The predicted octanol–water partition coefficient (Wildman–Crippen LogP) is 4.74. The van der Waals surface area contributed by atoms with Crippen molar-refractivity contribution >= 4 is 35.0 Å². The van der Waals surface area contributed by atoms with Gasteiger partial charge < -0.3 is 0 Å². The van der Waals surface area contributed by atoms with Gasteiger partial charge in [-0.2, -0.15) is 0 Å². The maximum atomic E-state index is 13.2. The molecular formula is C13H8ClFN2S. The minimum atomic E-state index is 0.131. The van der Waals surface area contributed by atoms with Crippen LogP contribution in [-0.2, 0) is 0 Å². The van der Waals surface area contributed by atoms with E-state index in [1.54, 1.807) is 12.3 Å². The van der Waals surface area contributed by atoms with Crippen molar-refractivity contribution in [3.05, 3.63) is 53.7 Å². The summed E-state index contributed by atoms with van der Waals surface area (Å²) in [4.78, 5) is 4.18. The topological polar surface area (TPSA) is 17.8 Å². The fourth-order valence-electron chi connectivity index (χ4n) is 1.92. The molecule has 0 atom stereocenters. The highest BCUT2D eigenvalue weighted by molar-refractivity contribution is 7.93. The second-order valence-electron chi connectivity index (χ2n) is 3.79. The number of halogens is 2. The third-order valence-corrected chi connectivity index (χ3v) is 3.58. The molecule has 3 aromatic rings. The first kappa shape index (κ1) is 11.6. The predicted molar refractivity (Wildman–Crippen MR) is 74.3 cm³/mol. The maximum Gasteiger partial charge on any atom is 0.171 e. The summed E-state index contributed by atoms with van der Waals surface area (Å²) < 4.78 is 14.6. The van der Waals surface area contributed by atoms with Crippen LogP contribution < -0.4 is 0 Å². The van der Waals surface area contributed by atoms with E-state index in [4.69, 9.17) is 11.6 Å². The Morgan fingerprint density at radius 3 is 2.67 bits per heavy atom. The van der Waals surface area contributed by atoms with Crippen LogP contribution in [0.15, 0.2) is 48.7 Å². The molecule has 90 valence electrons. The summed E-state index contributed by atoms with van der Waals surface area (Å²) in [5.41, 5.74) is 2.21. The number of benzene rings is 1. The molecule has 0 aliphatic rings. The van der Waals surface area contributed by atoms with Crippen molar-refractivity contribution in [1.82, 2.24) is 8.96 Å². The van der Waals surface area contributed by atoms with Gasteiger partial charge in [0.05, 0.1) is 10.7 Å². The highest BCUT2D eigenvalue weighted by Crippen LogP contribution is 2.34. The van der Waals surface area contributed by atoms with Gasteiger partial charge in [0, 0.05) is 11.6 Å². The molecular weight excluding hydrogens is 271 g/mol. The van der Waals surface area contributed by atoms with Crippen molar-refractivity contribution in [1.29, 1.82) is 0 Å². The molecule has 0 spiro atoms. The van der Waals surface area contributed by atoms with E-state index in [0.29, 0.717) is 10.7 Å². The van der Waals surface area contributed by atoms with Gasteiger partial charge in [-0.15, -0.1) is 3.89 Å². The molecule has 18 heavy (non-hydrogen) atoms. The molecule has 5 heteroatoms.